The van der Waals surface area contributed by atoms with Crippen molar-refractivity contribution >= 4 is 23.4 Å². The van der Waals surface area contributed by atoms with Gasteiger partial charge in [-0.1, -0.05) is 35.9 Å². The first-order valence-electron chi connectivity index (χ1n) is 9.05. The van der Waals surface area contributed by atoms with Gasteiger partial charge < -0.3 is 10.1 Å². The van der Waals surface area contributed by atoms with E-state index in [0.29, 0.717) is 11.3 Å². The Labute approximate surface area is 172 Å². The van der Waals surface area contributed by atoms with Gasteiger partial charge in [0.25, 0.3) is 5.69 Å². The molecule has 0 saturated heterocycles. The van der Waals surface area contributed by atoms with Gasteiger partial charge in [0.1, 0.15) is 18.0 Å². The fourth-order valence-corrected chi connectivity index (χ4v) is 3.56. The Morgan fingerprint density at radius 3 is 2.45 bits per heavy atom. The van der Waals surface area contributed by atoms with Crippen LogP contribution in [-0.4, -0.2) is 27.8 Å². The van der Waals surface area contributed by atoms with E-state index in [9.17, 15) is 19.3 Å². The molecule has 7 nitrogen and oxygen atoms in total. The highest BCUT2D eigenvalue weighted by atomic mass is 35.5. The van der Waals surface area contributed by atoms with Crippen LogP contribution < -0.4 is 5.32 Å². The van der Waals surface area contributed by atoms with Crippen molar-refractivity contribution in [3.63, 3.8) is 0 Å². The van der Waals surface area contributed by atoms with Crippen molar-refractivity contribution in [1.29, 1.82) is 0 Å². The number of nitro groups is 1. The van der Waals surface area contributed by atoms with Crippen LogP contribution in [0.15, 0.2) is 36.5 Å². The number of halogens is 2. The highest BCUT2D eigenvalue weighted by molar-refractivity contribution is 6.33. The fraction of sp³-hybridized carbons (Fsp3) is 0.400. The van der Waals surface area contributed by atoms with Crippen molar-refractivity contribution < 1.29 is 18.8 Å². The van der Waals surface area contributed by atoms with Crippen LogP contribution in [0.5, 0.6) is 0 Å². The topological polar surface area (TPSA) is 94.4 Å². The average Bonchev–Trinajstić information content (AvgIpc) is 2.58. The highest BCUT2D eigenvalue weighted by Crippen LogP contribution is 2.44. The monoisotopic (exact) mass is 421 g/mol. The lowest BCUT2D eigenvalue weighted by Crippen LogP contribution is -2.56. The van der Waals surface area contributed by atoms with Crippen LogP contribution in [0.3, 0.4) is 0 Å². The lowest BCUT2D eigenvalue weighted by Gasteiger charge is -2.45. The van der Waals surface area contributed by atoms with Gasteiger partial charge in [0.2, 0.25) is 0 Å². The van der Waals surface area contributed by atoms with E-state index >= 15 is 0 Å². The van der Waals surface area contributed by atoms with Gasteiger partial charge >= 0.3 is 6.09 Å². The second kappa shape index (κ2) is 7.59. The maximum absolute atomic E-state index is 13.7. The number of carbonyl (C=O) groups excluding carboxylic acids is 1. The Morgan fingerprint density at radius 2 is 1.97 bits per heavy atom. The molecule has 2 aromatic rings. The van der Waals surface area contributed by atoms with E-state index in [1.54, 1.807) is 45.0 Å². The van der Waals surface area contributed by atoms with Crippen LogP contribution in [0.2, 0.25) is 5.02 Å². The molecule has 154 valence electrons. The molecule has 0 bridgehead atoms. The second-order valence-electron chi connectivity index (χ2n) is 8.07. The quantitative estimate of drug-likeness (QED) is 0.543. The van der Waals surface area contributed by atoms with Crippen LogP contribution >= 0.6 is 11.6 Å². The number of aromatic nitrogens is 1. The minimum absolute atomic E-state index is 0.154. The van der Waals surface area contributed by atoms with E-state index in [1.807, 2.05) is 0 Å². The van der Waals surface area contributed by atoms with Gasteiger partial charge in [-0.25, -0.2) is 14.2 Å². The molecule has 1 fully saturated rings. The van der Waals surface area contributed by atoms with Gasteiger partial charge in [0.15, 0.2) is 0 Å². The summed E-state index contributed by atoms with van der Waals surface area (Å²) in [6, 6.07) is 8.23. The number of benzene rings is 1. The molecule has 0 aliphatic heterocycles. The second-order valence-corrected chi connectivity index (χ2v) is 8.48. The Balaban J connectivity index is 1.84. The largest absolute Gasteiger partial charge is 0.444 e. The van der Waals surface area contributed by atoms with Crippen molar-refractivity contribution in [2.24, 2.45) is 0 Å². The van der Waals surface area contributed by atoms with Crippen LogP contribution in [0.1, 0.15) is 39.2 Å². The van der Waals surface area contributed by atoms with Gasteiger partial charge in [0.05, 0.1) is 21.2 Å². The van der Waals surface area contributed by atoms with Crippen LogP contribution in [0.25, 0.3) is 11.3 Å². The molecule has 1 amide bonds. The summed E-state index contributed by atoms with van der Waals surface area (Å²) in [5.74, 6) is 0. The Morgan fingerprint density at radius 1 is 1.34 bits per heavy atom. The molecule has 1 aliphatic rings. The lowest BCUT2D eigenvalue weighted by molar-refractivity contribution is -0.385. The summed E-state index contributed by atoms with van der Waals surface area (Å²) in [7, 11) is 0. The zero-order valence-electron chi connectivity index (χ0n) is 16.2. The lowest BCUT2D eigenvalue weighted by atomic mass is 9.70. The maximum Gasteiger partial charge on any atom is 0.408 e. The van der Waals surface area contributed by atoms with Gasteiger partial charge in [-0.15, -0.1) is 0 Å². The summed E-state index contributed by atoms with van der Waals surface area (Å²) in [4.78, 5) is 26.6. The molecule has 0 unspecified atom stereocenters. The first-order valence-corrected chi connectivity index (χ1v) is 9.43. The summed E-state index contributed by atoms with van der Waals surface area (Å²) in [5.41, 5.74) is 0.0878. The maximum atomic E-state index is 13.7. The molecule has 1 aromatic carbocycles. The zero-order chi connectivity index (χ0) is 21.4. The number of rotatable bonds is 4. The molecule has 3 rings (SSSR count). The Kier molecular flexibility index (Phi) is 5.49. The third-order valence-corrected chi connectivity index (χ3v) is 4.92. The number of pyridine rings is 1. The van der Waals surface area contributed by atoms with Gasteiger partial charge in [-0.05, 0) is 26.3 Å². The smallest absolute Gasteiger partial charge is 0.408 e. The van der Waals surface area contributed by atoms with Crippen LogP contribution in [0, 0.1) is 10.1 Å². The summed E-state index contributed by atoms with van der Waals surface area (Å²) in [6.45, 7) is 5.27. The summed E-state index contributed by atoms with van der Waals surface area (Å²) >= 11 is 6.14. The minimum atomic E-state index is -1.00. The average molecular weight is 422 g/mol. The van der Waals surface area contributed by atoms with Crippen molar-refractivity contribution in [3.05, 3.63) is 57.2 Å². The molecule has 0 radical (unpaired) electrons. The molecule has 1 aromatic heterocycles. The van der Waals surface area contributed by atoms with E-state index in [-0.39, 0.29) is 23.6 Å². The van der Waals surface area contributed by atoms with Crippen molar-refractivity contribution in [2.75, 3.05) is 0 Å². The Bertz CT molecular complexity index is 938. The highest BCUT2D eigenvalue weighted by Gasteiger charge is 2.48. The number of ether oxygens (including phenoxy) is 1. The molecular formula is C20H21ClFN3O4. The molecule has 9 heteroatoms. The molecule has 1 aliphatic carbocycles. The zero-order valence-corrected chi connectivity index (χ0v) is 17.0. The summed E-state index contributed by atoms with van der Waals surface area (Å²) in [5, 5.41) is 13.8. The third-order valence-electron chi connectivity index (χ3n) is 4.63. The van der Waals surface area contributed by atoms with E-state index in [0.717, 1.165) is 11.8 Å². The molecule has 0 spiro atoms. The molecular weight excluding hydrogens is 401 g/mol. The molecule has 1 heterocycles. The number of nitrogens with zero attached hydrogens (tertiary/aromatic N) is 2. The Hall–Kier alpha value is -2.74. The van der Waals surface area contributed by atoms with Crippen molar-refractivity contribution in [2.45, 2.75) is 50.9 Å². The van der Waals surface area contributed by atoms with Crippen molar-refractivity contribution in [3.8, 4) is 11.3 Å². The predicted molar refractivity (Wildman–Crippen MR) is 107 cm³/mol. The first-order chi connectivity index (χ1) is 13.5. The number of amides is 1. The third kappa shape index (κ3) is 4.64. The summed E-state index contributed by atoms with van der Waals surface area (Å²) < 4.78 is 19.0. The number of hydrogen-bond donors (Lipinski definition) is 1. The molecule has 1 N–H and O–H groups in total. The minimum Gasteiger partial charge on any atom is -0.444 e. The van der Waals surface area contributed by atoms with E-state index in [1.165, 1.54) is 6.07 Å². The van der Waals surface area contributed by atoms with E-state index in [4.69, 9.17) is 16.3 Å². The van der Waals surface area contributed by atoms with Crippen LogP contribution in [-0.2, 0) is 10.3 Å². The van der Waals surface area contributed by atoms with Gasteiger partial charge in [0, 0.05) is 24.5 Å². The molecule has 0 atom stereocenters. The summed E-state index contributed by atoms with van der Waals surface area (Å²) in [6.07, 6.45) is -0.158. The predicted octanol–water partition coefficient (Wildman–Crippen LogP) is 5.16. The normalized spacial score (nSPS) is 21.2. The fourth-order valence-electron chi connectivity index (χ4n) is 3.29. The van der Waals surface area contributed by atoms with Gasteiger partial charge in [-0.3, -0.25) is 10.1 Å². The van der Waals surface area contributed by atoms with Gasteiger partial charge in [-0.2, -0.15) is 0 Å². The van der Waals surface area contributed by atoms with E-state index in [2.05, 4.69) is 10.3 Å². The molecule has 29 heavy (non-hydrogen) atoms. The first kappa shape index (κ1) is 21.0. The molecule has 1 saturated carbocycles. The standard InChI is InChI=1S/C20H21ClFN3O4/c1-19(2,3)29-18(26)24-20(9-14(22)10-20)13-6-4-12(5-7-13)17-16(21)8-15(11-23-17)25(27)28/h4-8,11,14H,9-10H2,1-3H3,(H,24,26). The van der Waals surface area contributed by atoms with E-state index < -0.39 is 28.3 Å². The number of alkyl carbamates (subject to hydrolysis) is 1. The SMILES string of the molecule is CC(C)(C)OC(=O)NC1(c2ccc(-c3ncc([N+](=O)[O-])cc3Cl)cc2)CC(F)C1. The number of carbonyl (C=O) groups is 1. The number of alkyl halides is 1. The number of hydrogen-bond acceptors (Lipinski definition) is 5. The van der Waals surface area contributed by atoms with Crippen LogP contribution in [0.4, 0.5) is 14.9 Å². The number of nitrogens with one attached hydrogen (secondary N) is 1. The van der Waals surface area contributed by atoms with Crippen molar-refractivity contribution in [1.82, 2.24) is 10.3 Å².